The molecule has 2 amide bonds. The normalized spacial score (nSPS) is 19.6. The summed E-state index contributed by atoms with van der Waals surface area (Å²) in [6.45, 7) is 11.2. The van der Waals surface area contributed by atoms with E-state index in [1.165, 1.54) is 12.1 Å². The highest BCUT2D eigenvalue weighted by Gasteiger charge is 2.42. The molecule has 5 N–H and O–H groups in total. The predicted molar refractivity (Wildman–Crippen MR) is 146 cm³/mol. The Morgan fingerprint density at radius 2 is 1.74 bits per heavy atom. The highest BCUT2D eigenvalue weighted by Crippen LogP contribution is 2.34. The highest BCUT2D eigenvalue weighted by molar-refractivity contribution is 6.00. The van der Waals surface area contributed by atoms with Gasteiger partial charge in [0.15, 0.2) is 0 Å². The number of carboxylic acid groups (broad SMARTS) is 1. The number of hydrogen-bond donors (Lipinski definition) is 4. The molecular formula is C28H42N4O7. The Hall–Kier alpha value is -3.31. The molecule has 11 heteroatoms. The number of carbonyl (C=O) groups excluding carboxylic acids is 3. The zero-order valence-electron chi connectivity index (χ0n) is 23.7. The quantitative estimate of drug-likeness (QED) is 0.186. The van der Waals surface area contributed by atoms with Crippen LogP contribution < -0.4 is 11.1 Å². The molecule has 1 aromatic carbocycles. The zero-order chi connectivity index (χ0) is 29.5. The number of aldehydes is 1. The second kappa shape index (κ2) is 13.2. The van der Waals surface area contributed by atoms with E-state index in [1.54, 1.807) is 37.8 Å². The number of nitrogens with one attached hydrogen (secondary N) is 2. The summed E-state index contributed by atoms with van der Waals surface area (Å²) in [5.41, 5.74) is 5.21. The van der Waals surface area contributed by atoms with Gasteiger partial charge in [-0.3, -0.25) is 15.0 Å². The summed E-state index contributed by atoms with van der Waals surface area (Å²) in [4.78, 5) is 51.8. The number of aliphatic carboxylic acids is 1. The fourth-order valence-electron chi connectivity index (χ4n) is 4.64. The van der Waals surface area contributed by atoms with Crippen molar-refractivity contribution in [3.8, 4) is 0 Å². The van der Waals surface area contributed by atoms with Gasteiger partial charge in [0, 0.05) is 30.1 Å². The molecule has 1 aliphatic rings. The van der Waals surface area contributed by atoms with Gasteiger partial charge in [0.05, 0.1) is 11.7 Å². The molecule has 0 radical (unpaired) electrons. The molecule has 0 saturated carbocycles. The molecule has 1 heterocycles. The van der Waals surface area contributed by atoms with Crippen LogP contribution in [0.2, 0.25) is 0 Å². The smallest absolute Gasteiger partial charge is 0.329 e. The number of benzene rings is 1. The Morgan fingerprint density at radius 3 is 2.23 bits per heavy atom. The number of rotatable bonds is 11. The van der Waals surface area contributed by atoms with E-state index in [9.17, 15) is 19.2 Å². The monoisotopic (exact) mass is 546 g/mol. The lowest BCUT2D eigenvalue weighted by atomic mass is 9.79. The lowest BCUT2D eigenvalue weighted by Crippen LogP contribution is -2.59. The van der Waals surface area contributed by atoms with Crippen molar-refractivity contribution in [2.24, 2.45) is 11.1 Å². The van der Waals surface area contributed by atoms with Crippen LogP contribution in [-0.4, -0.2) is 83.0 Å². The lowest BCUT2D eigenvalue weighted by molar-refractivity contribution is -0.152. The molecule has 4 atom stereocenters. The number of piperidine rings is 1. The van der Waals surface area contributed by atoms with E-state index in [2.05, 4.69) is 5.32 Å². The topological polar surface area (TPSA) is 172 Å². The molecule has 0 spiro atoms. The summed E-state index contributed by atoms with van der Waals surface area (Å²) in [5.74, 6) is -2.06. The number of hydrogen-bond acceptors (Lipinski definition) is 7. The maximum absolute atomic E-state index is 14.0. The molecule has 0 aliphatic carbocycles. The average molecular weight is 547 g/mol. The molecular weight excluding hydrogens is 504 g/mol. The van der Waals surface area contributed by atoms with E-state index < -0.39 is 36.2 Å². The number of nitrogen functional groups attached to an aromatic ring is 1. The van der Waals surface area contributed by atoms with Crippen molar-refractivity contribution in [2.45, 2.75) is 90.7 Å². The first-order valence-corrected chi connectivity index (χ1v) is 13.0. The molecule has 2 rings (SSSR count). The molecule has 0 aromatic heterocycles. The summed E-state index contributed by atoms with van der Waals surface area (Å²) in [7, 11) is 0. The average Bonchev–Trinajstić information content (AvgIpc) is 2.84. The number of nitrogens with zero attached hydrogens (tertiary/aromatic N) is 1. The van der Waals surface area contributed by atoms with Gasteiger partial charge in [-0.2, -0.15) is 0 Å². The van der Waals surface area contributed by atoms with Gasteiger partial charge < -0.3 is 35.3 Å². The molecule has 1 fully saturated rings. The molecule has 39 heavy (non-hydrogen) atoms. The summed E-state index contributed by atoms with van der Waals surface area (Å²) < 4.78 is 11.4. The van der Waals surface area contributed by atoms with E-state index in [0.717, 1.165) is 0 Å². The van der Waals surface area contributed by atoms with Crippen LogP contribution in [0, 0.1) is 10.8 Å². The van der Waals surface area contributed by atoms with Crippen molar-refractivity contribution in [1.29, 1.82) is 5.41 Å². The van der Waals surface area contributed by atoms with Crippen molar-refractivity contribution < 1.29 is 33.8 Å². The molecule has 216 valence electrons. The first-order valence-electron chi connectivity index (χ1n) is 13.0. The molecule has 0 bridgehead atoms. The summed E-state index contributed by atoms with van der Waals surface area (Å²) in [6.07, 6.45) is 0.174. The van der Waals surface area contributed by atoms with Gasteiger partial charge in [0.25, 0.3) is 5.91 Å². The largest absolute Gasteiger partial charge is 0.480 e. The Morgan fingerprint density at radius 1 is 1.15 bits per heavy atom. The van der Waals surface area contributed by atoms with Gasteiger partial charge in [0.1, 0.15) is 30.9 Å². The Labute approximate surface area is 229 Å². The van der Waals surface area contributed by atoms with Crippen LogP contribution in [0.3, 0.4) is 0 Å². The Kier molecular flexibility index (Phi) is 10.8. The first kappa shape index (κ1) is 31.9. The highest BCUT2D eigenvalue weighted by atomic mass is 16.5. The SMILES string of the molecule is CC(C)(C)OC(C=O)C[C@H](NC(=O)c1ccc(C(=N)N)cc1)C(=O)N1CCC(OCC(=O)O)CC1C(C)(C)C. The number of carboxylic acids is 1. The third kappa shape index (κ3) is 9.74. The molecule has 1 aliphatic heterocycles. The Bertz CT molecular complexity index is 1040. The number of amidine groups is 1. The van der Waals surface area contributed by atoms with Crippen LogP contribution in [0.4, 0.5) is 0 Å². The standard InChI is InChI=1S/C28H42N4O7/c1-27(2,3)22-14-19(38-16-23(34)35)11-12-32(22)26(37)21(13-20(15-33)39-28(4,5)6)31-25(36)18-9-7-17(8-10-18)24(29)30/h7-10,15,19-22H,11-14,16H2,1-6H3,(H3,29,30)(H,31,36)(H,34,35)/t19?,20?,21-,22?/m0/s1. The van der Waals surface area contributed by atoms with E-state index in [-0.39, 0.29) is 41.3 Å². The maximum atomic E-state index is 14.0. The van der Waals surface area contributed by atoms with Crippen LogP contribution in [0.25, 0.3) is 0 Å². The third-order valence-electron chi connectivity index (χ3n) is 6.47. The summed E-state index contributed by atoms with van der Waals surface area (Å²) in [6, 6.07) is 4.75. The van der Waals surface area contributed by atoms with Crippen LogP contribution in [0.1, 0.15) is 76.7 Å². The summed E-state index contributed by atoms with van der Waals surface area (Å²) >= 11 is 0. The number of carbonyl (C=O) groups is 4. The molecule has 1 saturated heterocycles. The Balaban J connectivity index is 2.34. The van der Waals surface area contributed by atoms with E-state index >= 15 is 0 Å². The second-order valence-corrected chi connectivity index (χ2v) is 11.9. The number of amides is 2. The van der Waals surface area contributed by atoms with E-state index in [1.807, 2.05) is 20.8 Å². The number of ether oxygens (including phenoxy) is 2. The minimum absolute atomic E-state index is 0.0663. The number of nitrogens with two attached hydrogens (primary N) is 1. The van der Waals surface area contributed by atoms with Crippen LogP contribution >= 0.6 is 0 Å². The van der Waals surface area contributed by atoms with Gasteiger partial charge in [0.2, 0.25) is 5.91 Å². The predicted octanol–water partition coefficient (Wildman–Crippen LogP) is 2.35. The van der Waals surface area contributed by atoms with Crippen LogP contribution in [0.15, 0.2) is 24.3 Å². The van der Waals surface area contributed by atoms with Gasteiger partial charge in [-0.05, 0) is 51.2 Å². The summed E-state index contributed by atoms with van der Waals surface area (Å²) in [5, 5.41) is 19.3. The van der Waals surface area contributed by atoms with E-state index in [0.29, 0.717) is 31.2 Å². The van der Waals surface area contributed by atoms with Crippen molar-refractivity contribution in [1.82, 2.24) is 10.2 Å². The zero-order valence-corrected chi connectivity index (χ0v) is 23.7. The van der Waals surface area contributed by atoms with Crippen molar-refractivity contribution in [3.63, 3.8) is 0 Å². The van der Waals surface area contributed by atoms with Crippen LogP contribution in [-0.2, 0) is 23.9 Å². The van der Waals surface area contributed by atoms with Gasteiger partial charge in [-0.1, -0.05) is 32.9 Å². The second-order valence-electron chi connectivity index (χ2n) is 11.9. The fraction of sp³-hybridized carbons (Fsp3) is 0.607. The van der Waals surface area contributed by atoms with Gasteiger partial charge in [-0.25, -0.2) is 4.79 Å². The van der Waals surface area contributed by atoms with Gasteiger partial charge in [-0.15, -0.1) is 0 Å². The fourth-order valence-corrected chi connectivity index (χ4v) is 4.64. The lowest BCUT2D eigenvalue weighted by Gasteiger charge is -2.47. The third-order valence-corrected chi connectivity index (χ3v) is 6.47. The maximum Gasteiger partial charge on any atom is 0.329 e. The van der Waals surface area contributed by atoms with Crippen molar-refractivity contribution in [2.75, 3.05) is 13.2 Å². The minimum Gasteiger partial charge on any atom is -0.480 e. The van der Waals surface area contributed by atoms with E-state index in [4.69, 9.17) is 25.7 Å². The van der Waals surface area contributed by atoms with Crippen molar-refractivity contribution >= 4 is 29.9 Å². The molecule has 11 nitrogen and oxygen atoms in total. The minimum atomic E-state index is -1.07. The molecule has 3 unspecified atom stereocenters. The van der Waals surface area contributed by atoms with Crippen molar-refractivity contribution in [3.05, 3.63) is 35.4 Å². The van der Waals surface area contributed by atoms with Crippen LogP contribution in [0.5, 0.6) is 0 Å². The number of likely N-dealkylation sites (tertiary alicyclic amines) is 1. The first-order chi connectivity index (χ1) is 18.0. The van der Waals surface area contributed by atoms with Gasteiger partial charge >= 0.3 is 5.97 Å². The molecule has 1 aromatic rings.